The van der Waals surface area contributed by atoms with Gasteiger partial charge in [0.25, 0.3) is 5.91 Å². The van der Waals surface area contributed by atoms with Crippen LogP contribution in [0, 0.1) is 0 Å². The largest absolute Gasteiger partial charge is 0.293 e. The summed E-state index contributed by atoms with van der Waals surface area (Å²) in [5.74, 6) is -0.148. The van der Waals surface area contributed by atoms with Crippen LogP contribution in [-0.4, -0.2) is 27.6 Å². The lowest BCUT2D eigenvalue weighted by molar-refractivity contribution is -0.123. The van der Waals surface area contributed by atoms with Crippen LogP contribution in [0.5, 0.6) is 0 Å². The van der Waals surface area contributed by atoms with Crippen LogP contribution >= 0.6 is 47.3 Å². The third kappa shape index (κ3) is 4.53. The molecule has 0 aromatic heterocycles. The zero-order chi connectivity index (χ0) is 23.7. The average Bonchev–Trinajstić information content (AvgIpc) is 3.11. The predicted molar refractivity (Wildman–Crippen MR) is 145 cm³/mol. The van der Waals surface area contributed by atoms with E-state index in [1.807, 2.05) is 66.7 Å². The molecule has 0 unspecified atom stereocenters. The summed E-state index contributed by atoms with van der Waals surface area (Å²) in [7, 11) is 0. The predicted octanol–water partition coefficient (Wildman–Crippen LogP) is 7.15. The SMILES string of the molecule is O=C1C(=Cc2ccccc2Cl)SC(=S)N1CCCC(=O)N1c2ccccc2Sc2ccccc21. The highest BCUT2D eigenvalue weighted by Crippen LogP contribution is 2.48. The van der Waals surface area contributed by atoms with E-state index in [0.717, 1.165) is 26.7 Å². The van der Waals surface area contributed by atoms with E-state index in [1.165, 1.54) is 11.8 Å². The minimum absolute atomic E-state index is 0.00255. The fraction of sp³-hybridized carbons (Fsp3) is 0.115. The normalized spacial score (nSPS) is 16.1. The maximum Gasteiger partial charge on any atom is 0.266 e. The first kappa shape index (κ1) is 23.2. The molecule has 0 spiro atoms. The summed E-state index contributed by atoms with van der Waals surface area (Å²) in [4.78, 5) is 32.3. The fourth-order valence-electron chi connectivity index (χ4n) is 3.90. The van der Waals surface area contributed by atoms with Crippen molar-refractivity contribution in [2.75, 3.05) is 11.4 Å². The van der Waals surface area contributed by atoms with Gasteiger partial charge in [-0.25, -0.2) is 0 Å². The molecule has 2 aliphatic rings. The molecule has 170 valence electrons. The second-order valence-electron chi connectivity index (χ2n) is 7.73. The molecule has 0 aliphatic carbocycles. The highest BCUT2D eigenvalue weighted by atomic mass is 35.5. The molecule has 1 fully saturated rings. The van der Waals surface area contributed by atoms with Crippen molar-refractivity contribution in [2.24, 2.45) is 0 Å². The monoisotopic (exact) mass is 522 g/mol. The van der Waals surface area contributed by atoms with Gasteiger partial charge in [-0.05, 0) is 48.4 Å². The topological polar surface area (TPSA) is 40.6 Å². The molecule has 0 N–H and O–H groups in total. The van der Waals surface area contributed by atoms with Crippen LogP contribution in [0.2, 0.25) is 5.02 Å². The van der Waals surface area contributed by atoms with Gasteiger partial charge in [-0.15, -0.1) is 0 Å². The van der Waals surface area contributed by atoms with Crippen LogP contribution in [0.3, 0.4) is 0 Å². The van der Waals surface area contributed by atoms with Gasteiger partial charge >= 0.3 is 0 Å². The molecule has 0 atom stereocenters. The zero-order valence-electron chi connectivity index (χ0n) is 17.9. The molecule has 3 aromatic carbocycles. The smallest absolute Gasteiger partial charge is 0.266 e. The number of hydrogen-bond donors (Lipinski definition) is 0. The second-order valence-corrected chi connectivity index (χ2v) is 10.9. The molecule has 4 nitrogen and oxygen atoms in total. The number of carbonyl (C=O) groups is 2. The molecule has 0 saturated carbocycles. The lowest BCUT2D eigenvalue weighted by Gasteiger charge is -2.31. The van der Waals surface area contributed by atoms with Gasteiger partial charge in [-0.2, -0.15) is 0 Å². The van der Waals surface area contributed by atoms with Crippen molar-refractivity contribution in [3.05, 3.63) is 88.3 Å². The summed E-state index contributed by atoms with van der Waals surface area (Å²) in [6, 6.07) is 23.2. The van der Waals surface area contributed by atoms with Crippen molar-refractivity contribution in [1.29, 1.82) is 0 Å². The van der Waals surface area contributed by atoms with Crippen LogP contribution in [0.25, 0.3) is 6.08 Å². The van der Waals surface area contributed by atoms with Crippen molar-refractivity contribution in [1.82, 2.24) is 4.90 Å². The minimum Gasteiger partial charge on any atom is -0.293 e. The zero-order valence-corrected chi connectivity index (χ0v) is 21.1. The molecule has 5 rings (SSSR count). The first-order valence-electron chi connectivity index (χ1n) is 10.7. The third-order valence-corrected chi connectivity index (χ3v) is 8.37. The molecule has 2 amide bonds. The van der Waals surface area contributed by atoms with E-state index < -0.39 is 0 Å². The number of thiocarbonyl (C=S) groups is 1. The van der Waals surface area contributed by atoms with Gasteiger partial charge < -0.3 is 0 Å². The Balaban J connectivity index is 1.28. The van der Waals surface area contributed by atoms with Gasteiger partial charge in [-0.3, -0.25) is 19.4 Å². The quantitative estimate of drug-likeness (QED) is 0.263. The van der Waals surface area contributed by atoms with E-state index in [4.69, 9.17) is 23.8 Å². The number of fused-ring (bicyclic) bond motifs is 2. The van der Waals surface area contributed by atoms with E-state index in [2.05, 4.69) is 0 Å². The Bertz CT molecular complexity index is 1300. The van der Waals surface area contributed by atoms with E-state index in [0.29, 0.717) is 33.6 Å². The van der Waals surface area contributed by atoms with Crippen LogP contribution in [-0.2, 0) is 9.59 Å². The molecule has 34 heavy (non-hydrogen) atoms. The van der Waals surface area contributed by atoms with E-state index >= 15 is 0 Å². The van der Waals surface area contributed by atoms with Crippen LogP contribution in [0.4, 0.5) is 11.4 Å². The summed E-state index contributed by atoms with van der Waals surface area (Å²) in [6.07, 6.45) is 2.58. The first-order valence-corrected chi connectivity index (χ1v) is 13.1. The number of halogens is 1. The number of benzene rings is 3. The number of carbonyl (C=O) groups excluding carboxylic acids is 2. The fourth-order valence-corrected chi connectivity index (χ4v) is 6.45. The Labute approximate surface area is 217 Å². The molecule has 2 heterocycles. The van der Waals surface area contributed by atoms with Gasteiger partial charge in [0, 0.05) is 27.8 Å². The molecule has 1 saturated heterocycles. The number of para-hydroxylation sites is 2. The molecule has 0 bridgehead atoms. The summed E-state index contributed by atoms with van der Waals surface area (Å²) < 4.78 is 0.501. The highest BCUT2D eigenvalue weighted by Gasteiger charge is 2.32. The lowest BCUT2D eigenvalue weighted by atomic mass is 10.1. The van der Waals surface area contributed by atoms with Crippen molar-refractivity contribution in [3.63, 3.8) is 0 Å². The van der Waals surface area contributed by atoms with Crippen molar-refractivity contribution in [3.8, 4) is 0 Å². The van der Waals surface area contributed by atoms with E-state index in [-0.39, 0.29) is 11.8 Å². The summed E-state index contributed by atoms with van der Waals surface area (Å²) in [5, 5.41) is 0.582. The Hall–Kier alpha value is -2.58. The standard InChI is InChI=1S/C26H19ClN2O2S3/c27-18-9-2-1-8-17(18)16-23-25(31)28(26(32)34-23)15-7-14-24(30)29-19-10-3-5-12-21(19)33-22-13-6-4-11-20(22)29/h1-6,8-13,16H,7,14-15H2. The Kier molecular flexibility index (Phi) is 6.79. The summed E-state index contributed by atoms with van der Waals surface area (Å²) in [5.41, 5.74) is 2.56. The number of nitrogens with zero attached hydrogens (tertiary/aromatic N) is 2. The number of hydrogen-bond acceptors (Lipinski definition) is 5. The van der Waals surface area contributed by atoms with Gasteiger partial charge in [0.2, 0.25) is 5.91 Å². The number of anilines is 2. The third-order valence-electron chi connectivity index (χ3n) is 5.52. The first-order chi connectivity index (χ1) is 16.5. The molecule has 2 aliphatic heterocycles. The van der Waals surface area contributed by atoms with E-state index in [1.54, 1.807) is 33.7 Å². The van der Waals surface area contributed by atoms with Crippen LogP contribution in [0.15, 0.2) is 87.5 Å². The van der Waals surface area contributed by atoms with Crippen molar-refractivity contribution < 1.29 is 9.59 Å². The Morgan fingerprint density at radius 2 is 1.53 bits per heavy atom. The number of thioether (sulfide) groups is 1. The Morgan fingerprint density at radius 1 is 0.912 bits per heavy atom. The van der Waals surface area contributed by atoms with Gasteiger partial charge in [-0.1, -0.05) is 89.8 Å². The summed E-state index contributed by atoms with van der Waals surface area (Å²) in [6.45, 7) is 0.391. The van der Waals surface area contributed by atoms with Crippen LogP contribution in [0.1, 0.15) is 18.4 Å². The summed E-state index contributed by atoms with van der Waals surface area (Å²) >= 11 is 14.6. The molecular weight excluding hydrogens is 504 g/mol. The van der Waals surface area contributed by atoms with Crippen LogP contribution < -0.4 is 4.90 Å². The van der Waals surface area contributed by atoms with E-state index in [9.17, 15) is 9.59 Å². The highest BCUT2D eigenvalue weighted by molar-refractivity contribution is 8.26. The Morgan fingerprint density at radius 3 is 2.21 bits per heavy atom. The second kappa shape index (κ2) is 9.96. The molecule has 0 radical (unpaired) electrons. The lowest BCUT2D eigenvalue weighted by Crippen LogP contribution is -2.32. The average molecular weight is 523 g/mol. The molecular formula is C26H19ClN2O2S3. The number of rotatable bonds is 5. The molecule has 8 heteroatoms. The maximum absolute atomic E-state index is 13.4. The number of amides is 2. The van der Waals surface area contributed by atoms with Crippen molar-refractivity contribution in [2.45, 2.75) is 22.6 Å². The van der Waals surface area contributed by atoms with Gasteiger partial charge in [0.1, 0.15) is 4.32 Å². The maximum atomic E-state index is 13.4. The van der Waals surface area contributed by atoms with Gasteiger partial charge in [0.15, 0.2) is 0 Å². The van der Waals surface area contributed by atoms with Gasteiger partial charge in [0.05, 0.1) is 16.3 Å². The minimum atomic E-state index is -0.146. The molecule has 3 aromatic rings. The van der Waals surface area contributed by atoms with Crippen molar-refractivity contribution >= 4 is 80.9 Å².